The van der Waals surface area contributed by atoms with Crippen LogP contribution in [0.5, 0.6) is 0 Å². The first-order valence-electron chi connectivity index (χ1n) is 11.4. The highest BCUT2D eigenvalue weighted by Gasteiger charge is 2.43. The minimum absolute atomic E-state index is 0.0948. The van der Waals surface area contributed by atoms with Crippen molar-refractivity contribution in [2.24, 2.45) is 5.41 Å². The van der Waals surface area contributed by atoms with Crippen LogP contribution in [0.1, 0.15) is 50.7 Å². The fourth-order valence-electron chi connectivity index (χ4n) is 4.40. The van der Waals surface area contributed by atoms with Crippen molar-refractivity contribution in [3.63, 3.8) is 0 Å². The molecule has 1 N–H and O–H groups in total. The smallest absolute Gasteiger partial charge is 0.321 e. The number of urea groups is 1. The molecule has 166 valence electrons. The third-order valence-corrected chi connectivity index (χ3v) is 6.32. The van der Waals surface area contributed by atoms with Gasteiger partial charge < -0.3 is 15.0 Å². The number of para-hydroxylation sites is 1. The van der Waals surface area contributed by atoms with Crippen LogP contribution in [0.3, 0.4) is 0 Å². The number of carbonyl (C=O) groups excluding carboxylic acids is 2. The molecular formula is C26H34N2O3. The number of piperidine rings is 1. The number of nitrogens with one attached hydrogen (secondary N) is 1. The average molecular weight is 423 g/mol. The molecule has 5 heteroatoms. The van der Waals surface area contributed by atoms with Crippen molar-refractivity contribution in [2.75, 3.05) is 25.0 Å². The molecule has 3 rings (SSSR count). The summed E-state index contributed by atoms with van der Waals surface area (Å²) in [5.74, 6) is -0.112. The van der Waals surface area contributed by atoms with E-state index < -0.39 is 5.41 Å². The summed E-state index contributed by atoms with van der Waals surface area (Å²) in [7, 11) is 0. The van der Waals surface area contributed by atoms with Gasteiger partial charge in [-0.25, -0.2) is 4.79 Å². The predicted molar refractivity (Wildman–Crippen MR) is 124 cm³/mol. The van der Waals surface area contributed by atoms with Gasteiger partial charge in [0.1, 0.15) is 0 Å². The van der Waals surface area contributed by atoms with Crippen molar-refractivity contribution in [1.29, 1.82) is 0 Å². The molecule has 1 fully saturated rings. The SMILES string of the molecule is CCOC(=O)C1(CCCc2ccccc2)CCN(C(=O)Nc2ccccc2CC)CC1. The number of esters is 1. The molecular weight excluding hydrogens is 388 g/mol. The van der Waals surface area contributed by atoms with E-state index in [4.69, 9.17) is 4.74 Å². The maximum absolute atomic E-state index is 12.9. The second kappa shape index (κ2) is 11.0. The van der Waals surface area contributed by atoms with Gasteiger partial charge in [0.15, 0.2) is 0 Å². The van der Waals surface area contributed by atoms with Crippen LogP contribution in [-0.2, 0) is 22.4 Å². The van der Waals surface area contributed by atoms with E-state index in [0.717, 1.165) is 36.9 Å². The van der Waals surface area contributed by atoms with Crippen molar-refractivity contribution in [2.45, 2.75) is 52.4 Å². The van der Waals surface area contributed by atoms with Crippen LogP contribution in [-0.4, -0.2) is 36.6 Å². The van der Waals surface area contributed by atoms with E-state index in [0.29, 0.717) is 32.5 Å². The van der Waals surface area contributed by atoms with Crippen molar-refractivity contribution in [1.82, 2.24) is 4.90 Å². The maximum atomic E-state index is 12.9. The molecule has 1 saturated heterocycles. The van der Waals surface area contributed by atoms with Crippen molar-refractivity contribution in [3.05, 3.63) is 65.7 Å². The highest BCUT2D eigenvalue weighted by atomic mass is 16.5. The summed E-state index contributed by atoms with van der Waals surface area (Å²) in [6.07, 6.45) is 4.81. The maximum Gasteiger partial charge on any atom is 0.321 e. The zero-order valence-corrected chi connectivity index (χ0v) is 18.7. The molecule has 0 radical (unpaired) electrons. The quantitative estimate of drug-likeness (QED) is 0.576. The van der Waals surface area contributed by atoms with Crippen molar-refractivity contribution in [3.8, 4) is 0 Å². The van der Waals surface area contributed by atoms with Crippen LogP contribution >= 0.6 is 0 Å². The van der Waals surface area contributed by atoms with Gasteiger partial charge in [0, 0.05) is 18.8 Å². The molecule has 1 aliphatic heterocycles. The minimum Gasteiger partial charge on any atom is -0.466 e. The molecule has 1 aliphatic rings. The predicted octanol–water partition coefficient (Wildman–Crippen LogP) is 5.45. The Hall–Kier alpha value is -2.82. The number of aryl methyl sites for hydroxylation is 2. The Balaban J connectivity index is 1.60. The van der Waals surface area contributed by atoms with Crippen LogP contribution in [0.25, 0.3) is 0 Å². The monoisotopic (exact) mass is 422 g/mol. The second-order valence-corrected chi connectivity index (χ2v) is 8.27. The van der Waals surface area contributed by atoms with E-state index in [9.17, 15) is 9.59 Å². The van der Waals surface area contributed by atoms with Gasteiger partial charge in [0.25, 0.3) is 0 Å². The summed E-state index contributed by atoms with van der Waals surface area (Å²) in [6.45, 7) is 5.43. The van der Waals surface area contributed by atoms with Crippen molar-refractivity contribution < 1.29 is 14.3 Å². The van der Waals surface area contributed by atoms with E-state index in [1.54, 1.807) is 0 Å². The molecule has 0 saturated carbocycles. The summed E-state index contributed by atoms with van der Waals surface area (Å²) >= 11 is 0. The van der Waals surface area contributed by atoms with E-state index in [-0.39, 0.29) is 12.0 Å². The molecule has 0 aromatic heterocycles. The number of hydrogen-bond acceptors (Lipinski definition) is 3. The Bertz CT molecular complexity index is 858. The van der Waals surface area contributed by atoms with Crippen molar-refractivity contribution >= 4 is 17.7 Å². The molecule has 2 aromatic rings. The number of likely N-dealkylation sites (tertiary alicyclic amines) is 1. The number of carbonyl (C=O) groups is 2. The van der Waals surface area contributed by atoms with Crippen LogP contribution in [0.15, 0.2) is 54.6 Å². The van der Waals surface area contributed by atoms with Gasteiger partial charge in [-0.2, -0.15) is 0 Å². The fourth-order valence-corrected chi connectivity index (χ4v) is 4.40. The topological polar surface area (TPSA) is 58.6 Å². The lowest BCUT2D eigenvalue weighted by Gasteiger charge is -2.40. The normalized spacial score (nSPS) is 15.4. The van der Waals surface area contributed by atoms with Crippen LogP contribution in [0.2, 0.25) is 0 Å². The van der Waals surface area contributed by atoms with E-state index in [1.807, 2.05) is 54.3 Å². The number of benzene rings is 2. The number of anilines is 1. The van der Waals surface area contributed by atoms with Gasteiger partial charge in [-0.15, -0.1) is 0 Å². The third kappa shape index (κ3) is 5.87. The van der Waals surface area contributed by atoms with E-state index >= 15 is 0 Å². The summed E-state index contributed by atoms with van der Waals surface area (Å²) in [4.78, 5) is 27.5. The van der Waals surface area contributed by atoms with E-state index in [1.165, 1.54) is 5.56 Å². The first-order chi connectivity index (χ1) is 15.1. The zero-order chi connectivity index (χ0) is 22.1. The first-order valence-corrected chi connectivity index (χ1v) is 11.4. The van der Waals surface area contributed by atoms with Crippen LogP contribution in [0, 0.1) is 5.41 Å². The fraction of sp³-hybridized carbons (Fsp3) is 0.462. The molecule has 2 amide bonds. The zero-order valence-electron chi connectivity index (χ0n) is 18.7. The number of amides is 2. The number of nitrogens with zero attached hydrogens (tertiary/aromatic N) is 1. The van der Waals surface area contributed by atoms with Crippen LogP contribution in [0.4, 0.5) is 10.5 Å². The van der Waals surface area contributed by atoms with Gasteiger partial charge in [0.05, 0.1) is 12.0 Å². The van der Waals surface area contributed by atoms with Gasteiger partial charge in [-0.3, -0.25) is 4.79 Å². The second-order valence-electron chi connectivity index (χ2n) is 8.27. The Morgan fingerprint density at radius 2 is 1.68 bits per heavy atom. The molecule has 0 bridgehead atoms. The molecule has 1 heterocycles. The summed E-state index contributed by atoms with van der Waals surface area (Å²) in [5.41, 5.74) is 2.77. The highest BCUT2D eigenvalue weighted by Crippen LogP contribution is 2.38. The third-order valence-electron chi connectivity index (χ3n) is 6.32. The largest absolute Gasteiger partial charge is 0.466 e. The molecule has 0 unspecified atom stereocenters. The lowest BCUT2D eigenvalue weighted by molar-refractivity contribution is -0.158. The molecule has 31 heavy (non-hydrogen) atoms. The van der Waals surface area contributed by atoms with Gasteiger partial charge >= 0.3 is 12.0 Å². The highest BCUT2D eigenvalue weighted by molar-refractivity contribution is 5.90. The molecule has 0 atom stereocenters. The lowest BCUT2D eigenvalue weighted by Crippen LogP contribution is -2.48. The molecule has 5 nitrogen and oxygen atoms in total. The minimum atomic E-state index is -0.497. The Morgan fingerprint density at radius 3 is 2.35 bits per heavy atom. The summed E-state index contributed by atoms with van der Waals surface area (Å²) in [6, 6.07) is 18.1. The summed E-state index contributed by atoms with van der Waals surface area (Å²) < 4.78 is 5.45. The van der Waals surface area contributed by atoms with E-state index in [2.05, 4.69) is 24.4 Å². The molecule has 0 aliphatic carbocycles. The summed E-state index contributed by atoms with van der Waals surface area (Å²) in [5, 5.41) is 3.05. The first kappa shape index (κ1) is 22.9. The Kier molecular flexibility index (Phi) is 8.10. The van der Waals surface area contributed by atoms with Gasteiger partial charge in [0.2, 0.25) is 0 Å². The molecule has 2 aromatic carbocycles. The standard InChI is InChI=1S/C26H34N2O3/c1-3-22-14-8-9-15-23(22)27-25(30)28-19-17-26(18-20-28,24(29)31-4-2)16-10-13-21-11-6-5-7-12-21/h5-9,11-12,14-15H,3-4,10,13,16-20H2,1-2H3,(H,27,30). The van der Waals surface area contributed by atoms with Gasteiger partial charge in [-0.1, -0.05) is 55.5 Å². The van der Waals surface area contributed by atoms with Crippen LogP contribution < -0.4 is 5.32 Å². The van der Waals surface area contributed by atoms with Gasteiger partial charge in [-0.05, 0) is 62.6 Å². The Labute approximate surface area is 185 Å². The Morgan fingerprint density at radius 1 is 1.00 bits per heavy atom. The lowest BCUT2D eigenvalue weighted by atomic mass is 9.74. The number of rotatable bonds is 8. The average Bonchev–Trinajstić information content (AvgIpc) is 2.80. The molecule has 0 spiro atoms. The number of ether oxygens (including phenoxy) is 1. The number of hydrogen-bond donors (Lipinski definition) is 1.